The highest BCUT2D eigenvalue weighted by atomic mass is 16.2. The molecule has 1 atom stereocenters. The van der Waals surface area contributed by atoms with Crippen molar-refractivity contribution in [3.63, 3.8) is 0 Å². The average Bonchev–Trinajstić information content (AvgIpc) is 1.97. The lowest BCUT2D eigenvalue weighted by Crippen LogP contribution is -2.39. The van der Waals surface area contributed by atoms with Crippen LogP contribution < -0.4 is 11.1 Å². The first-order valence-corrected chi connectivity index (χ1v) is 4.22. The molecule has 3 N–H and O–H groups in total. The fraction of sp³-hybridized carbons (Fsp3) is 0.875. The molecule has 0 heterocycles. The number of carbonyl (C=O) groups excluding carboxylic acids is 1. The molecule has 0 bridgehead atoms. The van der Waals surface area contributed by atoms with Gasteiger partial charge in [0, 0.05) is 6.54 Å². The van der Waals surface area contributed by atoms with Crippen molar-refractivity contribution in [2.24, 2.45) is 5.73 Å². The third kappa shape index (κ3) is 6.12. The second-order valence-corrected chi connectivity index (χ2v) is 3.24. The lowest BCUT2D eigenvalue weighted by molar-refractivity contribution is -0.121. The molecule has 0 rings (SSSR count). The SMILES string of the molecule is C[C@H](N)C(=O)NCCCN(C)C. The number of hydrogen-bond donors (Lipinski definition) is 2. The third-order valence-corrected chi connectivity index (χ3v) is 1.49. The van der Waals surface area contributed by atoms with Crippen LogP contribution in [0.4, 0.5) is 0 Å². The Hall–Kier alpha value is -0.610. The second kappa shape index (κ2) is 5.97. The lowest BCUT2D eigenvalue weighted by atomic mass is 10.3. The first-order valence-electron chi connectivity index (χ1n) is 4.22. The molecule has 0 aliphatic rings. The molecule has 0 unspecified atom stereocenters. The van der Waals surface area contributed by atoms with Gasteiger partial charge in [-0.05, 0) is 34.0 Å². The van der Waals surface area contributed by atoms with Gasteiger partial charge in [0.2, 0.25) is 5.91 Å². The van der Waals surface area contributed by atoms with Gasteiger partial charge in [0.15, 0.2) is 0 Å². The van der Waals surface area contributed by atoms with E-state index in [1.165, 1.54) is 0 Å². The van der Waals surface area contributed by atoms with Gasteiger partial charge >= 0.3 is 0 Å². The summed E-state index contributed by atoms with van der Waals surface area (Å²) in [6.45, 7) is 3.37. The van der Waals surface area contributed by atoms with Crippen molar-refractivity contribution in [2.75, 3.05) is 27.2 Å². The van der Waals surface area contributed by atoms with Crippen LogP contribution in [0.2, 0.25) is 0 Å². The first kappa shape index (κ1) is 11.4. The quantitative estimate of drug-likeness (QED) is 0.546. The first-order chi connectivity index (χ1) is 5.54. The molecule has 4 heteroatoms. The summed E-state index contributed by atoms with van der Waals surface area (Å²) in [6.07, 6.45) is 0.964. The molecule has 1 amide bonds. The zero-order valence-corrected chi connectivity index (χ0v) is 8.13. The monoisotopic (exact) mass is 173 g/mol. The summed E-state index contributed by atoms with van der Waals surface area (Å²) >= 11 is 0. The van der Waals surface area contributed by atoms with Crippen LogP contribution in [-0.4, -0.2) is 44.0 Å². The van der Waals surface area contributed by atoms with E-state index in [2.05, 4.69) is 10.2 Å². The number of nitrogens with two attached hydrogens (primary N) is 1. The molecule has 0 spiro atoms. The van der Waals surface area contributed by atoms with Gasteiger partial charge in [-0.2, -0.15) is 0 Å². The highest BCUT2D eigenvalue weighted by molar-refractivity contribution is 5.80. The highest BCUT2D eigenvalue weighted by Gasteiger charge is 2.04. The van der Waals surface area contributed by atoms with Gasteiger partial charge in [-0.1, -0.05) is 0 Å². The van der Waals surface area contributed by atoms with E-state index in [0.717, 1.165) is 13.0 Å². The lowest BCUT2D eigenvalue weighted by Gasteiger charge is -2.10. The number of hydrogen-bond acceptors (Lipinski definition) is 3. The van der Waals surface area contributed by atoms with Gasteiger partial charge in [0.1, 0.15) is 0 Å². The summed E-state index contributed by atoms with van der Waals surface area (Å²) in [5, 5.41) is 2.75. The summed E-state index contributed by atoms with van der Waals surface area (Å²) in [5.41, 5.74) is 5.36. The van der Waals surface area contributed by atoms with Gasteiger partial charge < -0.3 is 16.0 Å². The molecule has 0 radical (unpaired) electrons. The van der Waals surface area contributed by atoms with E-state index in [1.807, 2.05) is 14.1 Å². The van der Waals surface area contributed by atoms with Crippen LogP contribution >= 0.6 is 0 Å². The van der Waals surface area contributed by atoms with Gasteiger partial charge in [0.05, 0.1) is 6.04 Å². The van der Waals surface area contributed by atoms with Crippen molar-refractivity contribution in [1.82, 2.24) is 10.2 Å². The normalized spacial score (nSPS) is 13.1. The van der Waals surface area contributed by atoms with Crippen LogP contribution in [0.25, 0.3) is 0 Å². The van der Waals surface area contributed by atoms with Crippen molar-refractivity contribution in [2.45, 2.75) is 19.4 Å². The Labute approximate surface area is 74.1 Å². The van der Waals surface area contributed by atoms with Crippen LogP contribution in [0.3, 0.4) is 0 Å². The summed E-state index contributed by atoms with van der Waals surface area (Å²) in [5.74, 6) is -0.0752. The summed E-state index contributed by atoms with van der Waals surface area (Å²) in [6, 6.07) is -0.399. The fourth-order valence-corrected chi connectivity index (χ4v) is 0.768. The maximum atomic E-state index is 10.9. The van der Waals surface area contributed by atoms with Gasteiger partial charge in [0.25, 0.3) is 0 Å². The van der Waals surface area contributed by atoms with Crippen LogP contribution in [0, 0.1) is 0 Å². The van der Waals surface area contributed by atoms with E-state index < -0.39 is 6.04 Å². The molecule has 0 aliphatic carbocycles. The van der Waals surface area contributed by atoms with Gasteiger partial charge in [-0.15, -0.1) is 0 Å². The third-order valence-electron chi connectivity index (χ3n) is 1.49. The molecule has 4 nitrogen and oxygen atoms in total. The Morgan fingerprint density at radius 3 is 2.58 bits per heavy atom. The van der Waals surface area contributed by atoms with Crippen molar-refractivity contribution in [1.29, 1.82) is 0 Å². The number of nitrogens with one attached hydrogen (secondary N) is 1. The standard InChI is InChI=1S/C8H19N3O/c1-7(9)8(12)10-5-4-6-11(2)3/h7H,4-6,9H2,1-3H3,(H,10,12)/t7-/m0/s1. The Morgan fingerprint density at radius 2 is 2.17 bits per heavy atom. The minimum atomic E-state index is -0.399. The zero-order chi connectivity index (χ0) is 9.56. The summed E-state index contributed by atoms with van der Waals surface area (Å²) in [4.78, 5) is 13.0. The molecule has 0 aromatic rings. The minimum absolute atomic E-state index is 0.0752. The molecular weight excluding hydrogens is 154 g/mol. The number of carbonyl (C=O) groups is 1. The molecule has 0 aliphatic heterocycles. The molecule has 0 saturated carbocycles. The highest BCUT2D eigenvalue weighted by Crippen LogP contribution is 1.81. The Morgan fingerprint density at radius 1 is 1.58 bits per heavy atom. The molecule has 0 saturated heterocycles. The summed E-state index contributed by atoms with van der Waals surface area (Å²) < 4.78 is 0. The van der Waals surface area contributed by atoms with E-state index >= 15 is 0 Å². The molecule has 0 aromatic carbocycles. The Kier molecular flexibility index (Phi) is 5.66. The number of amides is 1. The molecule has 72 valence electrons. The van der Waals surface area contributed by atoms with Crippen molar-refractivity contribution in [3.8, 4) is 0 Å². The fourth-order valence-electron chi connectivity index (χ4n) is 0.768. The van der Waals surface area contributed by atoms with Crippen molar-refractivity contribution in [3.05, 3.63) is 0 Å². The van der Waals surface area contributed by atoms with E-state index in [-0.39, 0.29) is 5.91 Å². The summed E-state index contributed by atoms with van der Waals surface area (Å²) in [7, 11) is 4.01. The van der Waals surface area contributed by atoms with E-state index in [4.69, 9.17) is 5.73 Å². The average molecular weight is 173 g/mol. The van der Waals surface area contributed by atoms with E-state index in [1.54, 1.807) is 6.92 Å². The molecule has 12 heavy (non-hydrogen) atoms. The predicted molar refractivity (Wildman–Crippen MR) is 49.8 cm³/mol. The topological polar surface area (TPSA) is 58.4 Å². The predicted octanol–water partition coefficient (Wildman–Crippen LogP) is -0.598. The van der Waals surface area contributed by atoms with Crippen LogP contribution in [0.15, 0.2) is 0 Å². The second-order valence-electron chi connectivity index (χ2n) is 3.24. The molecule has 0 fully saturated rings. The minimum Gasteiger partial charge on any atom is -0.355 e. The molecular formula is C8H19N3O. The smallest absolute Gasteiger partial charge is 0.236 e. The Balaban J connectivity index is 3.26. The van der Waals surface area contributed by atoms with Gasteiger partial charge in [-0.25, -0.2) is 0 Å². The van der Waals surface area contributed by atoms with Gasteiger partial charge in [-0.3, -0.25) is 4.79 Å². The largest absolute Gasteiger partial charge is 0.355 e. The van der Waals surface area contributed by atoms with Crippen LogP contribution in [0.1, 0.15) is 13.3 Å². The van der Waals surface area contributed by atoms with E-state index in [9.17, 15) is 4.79 Å². The van der Waals surface area contributed by atoms with E-state index in [0.29, 0.717) is 6.54 Å². The number of rotatable bonds is 5. The Bertz CT molecular complexity index is 134. The zero-order valence-electron chi connectivity index (χ0n) is 8.13. The van der Waals surface area contributed by atoms with Crippen LogP contribution in [0.5, 0.6) is 0 Å². The maximum absolute atomic E-state index is 10.9. The van der Waals surface area contributed by atoms with Crippen LogP contribution in [-0.2, 0) is 4.79 Å². The van der Waals surface area contributed by atoms with Crippen molar-refractivity contribution < 1.29 is 4.79 Å². The molecule has 0 aromatic heterocycles. The maximum Gasteiger partial charge on any atom is 0.236 e. The number of nitrogens with zero attached hydrogens (tertiary/aromatic N) is 1. The van der Waals surface area contributed by atoms with Crippen molar-refractivity contribution >= 4 is 5.91 Å².